The predicted molar refractivity (Wildman–Crippen MR) is 123 cm³/mol. The van der Waals surface area contributed by atoms with Crippen molar-refractivity contribution in [2.24, 2.45) is 5.92 Å². The average molecular weight is 418 g/mol. The van der Waals surface area contributed by atoms with Gasteiger partial charge in [0, 0.05) is 50.1 Å². The predicted octanol–water partition coefficient (Wildman–Crippen LogP) is 4.36. The van der Waals surface area contributed by atoms with E-state index in [0.717, 1.165) is 64.0 Å². The molecule has 2 aliphatic rings. The van der Waals surface area contributed by atoms with E-state index in [4.69, 9.17) is 4.74 Å². The van der Waals surface area contributed by atoms with Crippen molar-refractivity contribution < 1.29 is 9.53 Å². The van der Waals surface area contributed by atoms with Gasteiger partial charge in [-0.15, -0.1) is 0 Å². The fraction of sp³-hybridized carbons (Fsp3) is 0.423. The SMILES string of the molecule is O=C(NCC1CCOC2(CCN(Cc3ccc4cc[nH]c4c3)CC2)C1)c1ccccc1. The number of nitrogens with zero attached hydrogens (tertiary/aromatic N) is 1. The highest BCUT2D eigenvalue weighted by Crippen LogP contribution is 2.37. The Kier molecular flexibility index (Phi) is 5.79. The van der Waals surface area contributed by atoms with Gasteiger partial charge >= 0.3 is 0 Å². The molecule has 2 aliphatic heterocycles. The van der Waals surface area contributed by atoms with E-state index in [1.54, 1.807) is 0 Å². The number of aromatic nitrogens is 1. The highest BCUT2D eigenvalue weighted by atomic mass is 16.5. The maximum absolute atomic E-state index is 12.4. The van der Waals surface area contributed by atoms with Gasteiger partial charge in [0.15, 0.2) is 0 Å². The third kappa shape index (κ3) is 4.68. The van der Waals surface area contributed by atoms with Gasteiger partial charge in [-0.25, -0.2) is 0 Å². The highest BCUT2D eigenvalue weighted by Gasteiger charge is 2.40. The van der Waals surface area contributed by atoms with Gasteiger partial charge < -0.3 is 15.0 Å². The Balaban J connectivity index is 1.13. The minimum atomic E-state index is -0.0136. The molecule has 162 valence electrons. The molecule has 0 bridgehead atoms. The summed E-state index contributed by atoms with van der Waals surface area (Å²) in [6.07, 6.45) is 6.21. The largest absolute Gasteiger partial charge is 0.375 e. The number of hydrogen-bond donors (Lipinski definition) is 2. The molecular weight excluding hydrogens is 386 g/mol. The average Bonchev–Trinajstić information content (AvgIpc) is 3.28. The van der Waals surface area contributed by atoms with Gasteiger partial charge in [0.2, 0.25) is 0 Å². The topological polar surface area (TPSA) is 57.4 Å². The van der Waals surface area contributed by atoms with Crippen LogP contribution < -0.4 is 5.32 Å². The Bertz CT molecular complexity index is 1020. The van der Waals surface area contributed by atoms with Gasteiger partial charge in [0.05, 0.1) is 5.60 Å². The Hall–Kier alpha value is -2.63. The summed E-state index contributed by atoms with van der Waals surface area (Å²) in [5, 5.41) is 4.40. The van der Waals surface area contributed by atoms with Crippen LogP contribution in [-0.4, -0.2) is 47.6 Å². The van der Waals surface area contributed by atoms with Crippen molar-refractivity contribution in [2.75, 3.05) is 26.2 Å². The maximum Gasteiger partial charge on any atom is 0.251 e. The van der Waals surface area contributed by atoms with Crippen LogP contribution in [0.4, 0.5) is 0 Å². The molecule has 0 radical (unpaired) electrons. The van der Waals surface area contributed by atoms with Crippen LogP contribution >= 0.6 is 0 Å². The molecular formula is C26H31N3O2. The summed E-state index contributed by atoms with van der Waals surface area (Å²) in [7, 11) is 0. The van der Waals surface area contributed by atoms with Crippen LogP contribution in [0.3, 0.4) is 0 Å². The first-order valence-electron chi connectivity index (χ1n) is 11.4. The summed E-state index contributed by atoms with van der Waals surface area (Å²) in [4.78, 5) is 18.2. The molecule has 2 aromatic carbocycles. The molecule has 5 nitrogen and oxygen atoms in total. The van der Waals surface area contributed by atoms with Crippen LogP contribution in [-0.2, 0) is 11.3 Å². The van der Waals surface area contributed by atoms with E-state index in [9.17, 15) is 4.79 Å². The number of amides is 1. The Labute approximate surface area is 183 Å². The number of nitrogens with one attached hydrogen (secondary N) is 2. The van der Waals surface area contributed by atoms with E-state index in [2.05, 4.69) is 39.5 Å². The number of carbonyl (C=O) groups is 1. The number of likely N-dealkylation sites (tertiary alicyclic amines) is 1. The molecule has 1 unspecified atom stereocenters. The van der Waals surface area contributed by atoms with Crippen LogP contribution in [0.25, 0.3) is 10.9 Å². The lowest BCUT2D eigenvalue weighted by Gasteiger charge is -2.46. The maximum atomic E-state index is 12.4. The summed E-state index contributed by atoms with van der Waals surface area (Å²) in [6, 6.07) is 18.3. The molecule has 0 saturated carbocycles. The lowest BCUT2D eigenvalue weighted by atomic mass is 9.79. The van der Waals surface area contributed by atoms with Gasteiger partial charge in [-0.05, 0) is 66.8 Å². The first-order valence-corrected chi connectivity index (χ1v) is 11.4. The molecule has 1 amide bonds. The van der Waals surface area contributed by atoms with Gasteiger partial charge in [-0.3, -0.25) is 9.69 Å². The Morgan fingerprint density at radius 2 is 1.97 bits per heavy atom. The van der Waals surface area contributed by atoms with Crippen molar-refractivity contribution in [3.63, 3.8) is 0 Å². The molecule has 5 rings (SSSR count). The third-order valence-corrected chi connectivity index (χ3v) is 6.98. The molecule has 3 heterocycles. The third-order valence-electron chi connectivity index (χ3n) is 6.98. The Morgan fingerprint density at radius 1 is 1.13 bits per heavy atom. The Morgan fingerprint density at radius 3 is 2.81 bits per heavy atom. The second kappa shape index (κ2) is 8.85. The zero-order chi connectivity index (χ0) is 21.1. The number of rotatable bonds is 5. The summed E-state index contributed by atoms with van der Waals surface area (Å²) >= 11 is 0. The highest BCUT2D eigenvalue weighted by molar-refractivity contribution is 5.94. The van der Waals surface area contributed by atoms with Crippen LogP contribution in [0.5, 0.6) is 0 Å². The van der Waals surface area contributed by atoms with Crippen LogP contribution in [0.1, 0.15) is 41.6 Å². The molecule has 3 aromatic rings. The number of ether oxygens (including phenoxy) is 1. The number of benzene rings is 2. The monoisotopic (exact) mass is 417 g/mol. The molecule has 1 atom stereocenters. The van der Waals surface area contributed by atoms with E-state index in [-0.39, 0.29) is 11.5 Å². The molecule has 5 heteroatoms. The van der Waals surface area contributed by atoms with Gasteiger partial charge in [0.25, 0.3) is 5.91 Å². The van der Waals surface area contributed by atoms with Crippen molar-refractivity contribution in [1.29, 1.82) is 0 Å². The number of fused-ring (bicyclic) bond motifs is 1. The summed E-state index contributed by atoms with van der Waals surface area (Å²) < 4.78 is 6.33. The van der Waals surface area contributed by atoms with Crippen molar-refractivity contribution in [2.45, 2.75) is 37.8 Å². The molecule has 2 N–H and O–H groups in total. The second-order valence-electron chi connectivity index (χ2n) is 9.14. The lowest BCUT2D eigenvalue weighted by Crippen LogP contribution is -2.50. The number of hydrogen-bond acceptors (Lipinski definition) is 3. The van der Waals surface area contributed by atoms with Crippen LogP contribution in [0, 0.1) is 5.92 Å². The lowest BCUT2D eigenvalue weighted by molar-refractivity contribution is -0.127. The number of piperidine rings is 1. The molecule has 0 aliphatic carbocycles. The molecule has 2 fully saturated rings. The number of aromatic amines is 1. The van der Waals surface area contributed by atoms with Gasteiger partial charge in [0.1, 0.15) is 0 Å². The fourth-order valence-electron chi connectivity index (χ4n) is 5.15. The quantitative estimate of drug-likeness (QED) is 0.649. The molecule has 1 spiro atoms. The number of carbonyl (C=O) groups excluding carboxylic acids is 1. The summed E-state index contributed by atoms with van der Waals surface area (Å²) in [5.74, 6) is 0.512. The number of H-pyrrole nitrogens is 1. The van der Waals surface area contributed by atoms with E-state index in [0.29, 0.717) is 5.92 Å². The smallest absolute Gasteiger partial charge is 0.251 e. The standard InChI is InChI=1S/C26H31N3O2/c30-25(23-4-2-1-3-5-23)28-18-21-9-15-31-26(17-21)10-13-29(14-11-26)19-20-6-7-22-8-12-27-24(22)16-20/h1-8,12,16,21,27H,9-11,13-15,17-19H2,(H,28,30). The summed E-state index contributed by atoms with van der Waals surface area (Å²) in [5.41, 5.74) is 3.29. The zero-order valence-electron chi connectivity index (χ0n) is 18.0. The minimum absolute atomic E-state index is 0.0136. The van der Waals surface area contributed by atoms with E-state index in [1.807, 2.05) is 36.5 Å². The van der Waals surface area contributed by atoms with Crippen molar-refractivity contribution in [3.8, 4) is 0 Å². The van der Waals surface area contributed by atoms with Crippen molar-refractivity contribution in [1.82, 2.24) is 15.2 Å². The van der Waals surface area contributed by atoms with Crippen LogP contribution in [0.15, 0.2) is 60.8 Å². The second-order valence-corrected chi connectivity index (χ2v) is 9.14. The summed E-state index contributed by atoms with van der Waals surface area (Å²) in [6.45, 7) is 4.65. The fourth-order valence-corrected chi connectivity index (χ4v) is 5.15. The van der Waals surface area contributed by atoms with Gasteiger partial charge in [-0.1, -0.05) is 30.3 Å². The normalized spacial score (nSPS) is 21.4. The minimum Gasteiger partial charge on any atom is -0.375 e. The van der Waals surface area contributed by atoms with E-state index >= 15 is 0 Å². The van der Waals surface area contributed by atoms with Gasteiger partial charge in [-0.2, -0.15) is 0 Å². The first-order chi connectivity index (χ1) is 15.2. The van der Waals surface area contributed by atoms with Crippen molar-refractivity contribution >= 4 is 16.8 Å². The van der Waals surface area contributed by atoms with Crippen LogP contribution in [0.2, 0.25) is 0 Å². The zero-order valence-corrected chi connectivity index (χ0v) is 18.0. The molecule has 2 saturated heterocycles. The van der Waals surface area contributed by atoms with Crippen molar-refractivity contribution in [3.05, 3.63) is 71.9 Å². The van der Waals surface area contributed by atoms with E-state index in [1.165, 1.54) is 16.5 Å². The molecule has 31 heavy (non-hydrogen) atoms. The first kappa shape index (κ1) is 20.3. The van der Waals surface area contributed by atoms with E-state index < -0.39 is 0 Å². The molecule has 1 aromatic heterocycles.